The smallest absolute Gasteiger partial charge is 0.452 e. The molecule has 0 fully saturated rings. The number of rotatable bonds is 2. The third-order valence-electron chi connectivity index (χ3n) is 2.86. The number of nitrogens with zero attached hydrogens (tertiary/aromatic N) is 3. The molecule has 3 aromatic rings. The largest absolute Gasteiger partial charge is 0.471 e. The van der Waals surface area contributed by atoms with Crippen molar-refractivity contribution in [2.45, 2.75) is 6.18 Å². The Labute approximate surface area is 129 Å². The third kappa shape index (κ3) is 3.85. The molecule has 2 heterocycles. The Kier molecular flexibility index (Phi) is 4.95. The first-order valence-electron chi connectivity index (χ1n) is 6.41. The highest BCUT2D eigenvalue weighted by Gasteiger charge is 2.36. The number of hydrogen-bond acceptors (Lipinski definition) is 4. The highest BCUT2D eigenvalue weighted by Crippen LogP contribution is 2.29. The topological polar surface area (TPSA) is 56.5 Å². The van der Waals surface area contributed by atoms with E-state index in [1.165, 1.54) is 19.4 Å². The maximum absolute atomic E-state index is 12.8. The summed E-state index contributed by atoms with van der Waals surface area (Å²) in [5.74, 6) is -1.01. The number of halogens is 3. The van der Waals surface area contributed by atoms with Gasteiger partial charge >= 0.3 is 6.18 Å². The van der Waals surface area contributed by atoms with Gasteiger partial charge in [0, 0.05) is 6.20 Å². The van der Waals surface area contributed by atoms with Crippen LogP contribution in [0.5, 0.6) is 0 Å². The highest BCUT2D eigenvalue weighted by atomic mass is 19.4. The average Bonchev–Trinajstić information content (AvgIpc) is 2.99. The van der Waals surface area contributed by atoms with Crippen LogP contribution >= 0.6 is 0 Å². The van der Waals surface area contributed by atoms with Crippen LogP contribution in [0.2, 0.25) is 0 Å². The van der Waals surface area contributed by atoms with E-state index in [0.717, 1.165) is 9.96 Å². The van der Waals surface area contributed by atoms with E-state index in [-0.39, 0.29) is 5.65 Å². The van der Waals surface area contributed by atoms with E-state index < -0.39 is 12.0 Å². The monoisotopic (exact) mass is 323 g/mol. The highest BCUT2D eigenvalue weighted by molar-refractivity contribution is 5.64. The first kappa shape index (κ1) is 16.5. The van der Waals surface area contributed by atoms with Crippen molar-refractivity contribution in [3.63, 3.8) is 0 Å². The van der Waals surface area contributed by atoms with Gasteiger partial charge in [-0.2, -0.15) is 13.2 Å². The number of carbonyl (C=O) groups is 1. The number of ether oxygens (including phenoxy) is 1. The predicted octanol–water partition coefficient (Wildman–Crippen LogP) is 3.20. The average molecular weight is 323 g/mol. The zero-order valence-corrected chi connectivity index (χ0v) is 12.0. The minimum absolute atomic E-state index is 0.173. The molecule has 0 bridgehead atoms. The second-order valence-electron chi connectivity index (χ2n) is 4.37. The van der Waals surface area contributed by atoms with Gasteiger partial charge < -0.3 is 4.74 Å². The van der Waals surface area contributed by atoms with E-state index in [0.29, 0.717) is 12.0 Å². The van der Waals surface area contributed by atoms with Crippen LogP contribution in [-0.2, 0) is 15.7 Å². The fourth-order valence-corrected chi connectivity index (χ4v) is 1.89. The van der Waals surface area contributed by atoms with Crippen LogP contribution < -0.4 is 0 Å². The SMILES string of the molecule is COC=O.FC(F)(F)c1nnc2ccc(-c3ccccc3)cn12. The van der Waals surface area contributed by atoms with Gasteiger partial charge in [-0.15, -0.1) is 10.2 Å². The lowest BCUT2D eigenvalue weighted by molar-refractivity contribution is -0.145. The normalized spacial score (nSPS) is 10.8. The number of alkyl halides is 3. The number of methoxy groups -OCH3 is 1. The van der Waals surface area contributed by atoms with Crippen molar-refractivity contribution in [1.29, 1.82) is 0 Å². The summed E-state index contributed by atoms with van der Waals surface area (Å²) in [6.45, 7) is 0.375. The molecular formula is C15H12F3N3O2. The van der Waals surface area contributed by atoms with Crippen LogP contribution in [0.4, 0.5) is 13.2 Å². The predicted molar refractivity (Wildman–Crippen MR) is 76.5 cm³/mol. The molecule has 0 atom stereocenters. The first-order valence-corrected chi connectivity index (χ1v) is 6.41. The van der Waals surface area contributed by atoms with Crippen LogP contribution in [0.25, 0.3) is 16.8 Å². The molecule has 5 nitrogen and oxygen atoms in total. The summed E-state index contributed by atoms with van der Waals surface area (Å²) in [5.41, 5.74) is 1.69. The third-order valence-corrected chi connectivity index (χ3v) is 2.86. The molecule has 0 aliphatic heterocycles. The van der Waals surface area contributed by atoms with E-state index in [2.05, 4.69) is 14.9 Å². The fraction of sp³-hybridized carbons (Fsp3) is 0.133. The number of carbonyl (C=O) groups excluding carboxylic acids is 1. The van der Waals surface area contributed by atoms with E-state index in [1.54, 1.807) is 6.07 Å². The van der Waals surface area contributed by atoms with Crippen LogP contribution in [0.15, 0.2) is 48.7 Å². The number of pyridine rings is 1. The van der Waals surface area contributed by atoms with Gasteiger partial charge in [-0.25, -0.2) is 0 Å². The first-order chi connectivity index (χ1) is 11.0. The Morgan fingerprint density at radius 2 is 1.70 bits per heavy atom. The molecule has 0 amide bonds. The van der Waals surface area contributed by atoms with Gasteiger partial charge in [-0.05, 0) is 23.3 Å². The molecule has 0 N–H and O–H groups in total. The molecule has 1 aromatic carbocycles. The zero-order chi connectivity index (χ0) is 16.9. The minimum Gasteiger partial charge on any atom is -0.471 e. The number of benzene rings is 1. The maximum atomic E-state index is 12.8. The second-order valence-corrected chi connectivity index (χ2v) is 4.37. The van der Waals surface area contributed by atoms with Crippen LogP contribution in [-0.4, -0.2) is 28.2 Å². The van der Waals surface area contributed by atoms with Crippen molar-refractivity contribution in [3.8, 4) is 11.1 Å². The summed E-state index contributed by atoms with van der Waals surface area (Å²) < 4.78 is 43.1. The Bertz CT molecular complexity index is 786. The molecule has 2 aromatic heterocycles. The number of hydrogen-bond donors (Lipinski definition) is 0. The Hall–Kier alpha value is -2.90. The van der Waals surface area contributed by atoms with Crippen molar-refractivity contribution in [2.75, 3.05) is 7.11 Å². The summed E-state index contributed by atoms with van der Waals surface area (Å²) >= 11 is 0. The summed E-state index contributed by atoms with van der Waals surface area (Å²) in [4.78, 5) is 8.95. The molecule has 0 aliphatic carbocycles. The molecule has 0 unspecified atom stereocenters. The van der Waals surface area contributed by atoms with Crippen molar-refractivity contribution < 1.29 is 22.7 Å². The molecule has 23 heavy (non-hydrogen) atoms. The summed E-state index contributed by atoms with van der Waals surface area (Å²) in [5, 5.41) is 6.70. The molecule has 0 saturated heterocycles. The maximum Gasteiger partial charge on any atom is 0.452 e. The molecule has 120 valence electrons. The molecule has 3 rings (SSSR count). The number of aromatic nitrogens is 3. The molecule has 0 spiro atoms. The summed E-state index contributed by atoms with van der Waals surface area (Å²) in [7, 11) is 1.31. The van der Waals surface area contributed by atoms with Gasteiger partial charge in [0.05, 0.1) is 7.11 Å². The molecule has 0 aliphatic rings. The van der Waals surface area contributed by atoms with Crippen molar-refractivity contribution in [1.82, 2.24) is 14.6 Å². The van der Waals surface area contributed by atoms with Gasteiger partial charge in [-0.1, -0.05) is 30.3 Å². The zero-order valence-electron chi connectivity index (χ0n) is 12.0. The molecule has 8 heteroatoms. The minimum atomic E-state index is -4.52. The Balaban J connectivity index is 0.000000433. The Morgan fingerprint density at radius 1 is 1.04 bits per heavy atom. The molecular weight excluding hydrogens is 311 g/mol. The lowest BCUT2D eigenvalue weighted by Gasteiger charge is -2.06. The standard InChI is InChI=1S/C13H8F3N3.C2H4O2/c14-13(15,16)12-18-17-11-7-6-10(8-19(11)12)9-4-2-1-3-5-9;1-4-2-3/h1-8H;2H,1H3. The van der Waals surface area contributed by atoms with Gasteiger partial charge in [-0.3, -0.25) is 9.20 Å². The van der Waals surface area contributed by atoms with Crippen LogP contribution in [0.1, 0.15) is 5.82 Å². The van der Waals surface area contributed by atoms with E-state index in [4.69, 9.17) is 4.79 Å². The number of fused-ring (bicyclic) bond motifs is 1. The van der Waals surface area contributed by atoms with Crippen molar-refractivity contribution in [3.05, 3.63) is 54.5 Å². The quantitative estimate of drug-likeness (QED) is 0.680. The molecule has 0 saturated carbocycles. The molecule has 0 radical (unpaired) electrons. The fourth-order valence-electron chi connectivity index (χ4n) is 1.89. The summed E-state index contributed by atoms with van der Waals surface area (Å²) in [6, 6.07) is 12.4. The van der Waals surface area contributed by atoms with Crippen molar-refractivity contribution >= 4 is 12.1 Å². The van der Waals surface area contributed by atoms with E-state index in [9.17, 15) is 13.2 Å². The van der Waals surface area contributed by atoms with Crippen LogP contribution in [0, 0.1) is 0 Å². The summed E-state index contributed by atoms with van der Waals surface area (Å²) in [6.07, 6.45) is -3.12. The van der Waals surface area contributed by atoms with Gasteiger partial charge in [0.25, 0.3) is 6.47 Å². The van der Waals surface area contributed by atoms with Gasteiger partial charge in [0.1, 0.15) is 0 Å². The lowest BCUT2D eigenvalue weighted by Crippen LogP contribution is -2.10. The Morgan fingerprint density at radius 3 is 2.26 bits per heavy atom. The van der Waals surface area contributed by atoms with E-state index in [1.807, 2.05) is 30.3 Å². The second kappa shape index (κ2) is 6.91. The van der Waals surface area contributed by atoms with Gasteiger partial charge in [0.15, 0.2) is 5.65 Å². The van der Waals surface area contributed by atoms with E-state index >= 15 is 0 Å². The van der Waals surface area contributed by atoms with Crippen molar-refractivity contribution in [2.24, 2.45) is 0 Å². The van der Waals surface area contributed by atoms with Gasteiger partial charge in [0.2, 0.25) is 5.82 Å². The van der Waals surface area contributed by atoms with Crippen LogP contribution in [0.3, 0.4) is 0 Å². The lowest BCUT2D eigenvalue weighted by atomic mass is 10.1.